The first kappa shape index (κ1) is 18.7. The fraction of sp³-hybridized carbons (Fsp3) is 0.538. The van der Waals surface area contributed by atoms with Crippen molar-refractivity contribution in [1.82, 2.24) is 4.72 Å². The van der Waals surface area contributed by atoms with Crippen molar-refractivity contribution < 1.29 is 18.3 Å². The number of rotatable bonds is 7. The van der Waals surface area contributed by atoms with Gasteiger partial charge in [0.05, 0.1) is 11.6 Å². The largest absolute Gasteiger partial charge is 0.494 e. The first-order chi connectivity index (χ1) is 9.69. The molecule has 120 valence electrons. The van der Waals surface area contributed by atoms with Gasteiger partial charge >= 0.3 is 0 Å². The molecule has 0 saturated heterocycles. The van der Waals surface area contributed by atoms with Crippen LogP contribution in [0.15, 0.2) is 21.5 Å². The van der Waals surface area contributed by atoms with Gasteiger partial charge < -0.3 is 9.84 Å². The van der Waals surface area contributed by atoms with Crippen LogP contribution in [0.2, 0.25) is 5.02 Å². The maximum absolute atomic E-state index is 12.6. The van der Waals surface area contributed by atoms with E-state index in [4.69, 9.17) is 21.4 Å². The SMILES string of the molecule is CCC(C)(CCO)NS(=O)(=O)c1cc(Cl)cc(Br)c1OC. The second-order valence-corrected chi connectivity index (χ2v) is 7.85. The summed E-state index contributed by atoms with van der Waals surface area (Å²) in [6.45, 7) is 3.49. The topological polar surface area (TPSA) is 75.6 Å². The molecule has 0 aliphatic heterocycles. The summed E-state index contributed by atoms with van der Waals surface area (Å²) in [4.78, 5) is -0.0398. The molecular weight excluding hydrogens is 382 g/mol. The Morgan fingerprint density at radius 3 is 2.57 bits per heavy atom. The summed E-state index contributed by atoms with van der Waals surface area (Å²) in [7, 11) is -2.45. The molecule has 5 nitrogen and oxygen atoms in total. The fourth-order valence-corrected chi connectivity index (χ4v) is 4.75. The number of nitrogens with one attached hydrogen (secondary N) is 1. The molecule has 0 aliphatic rings. The van der Waals surface area contributed by atoms with Crippen LogP contribution in [0.5, 0.6) is 5.75 Å². The smallest absolute Gasteiger partial charge is 0.244 e. The molecule has 1 rings (SSSR count). The quantitative estimate of drug-likeness (QED) is 0.738. The number of sulfonamides is 1. The van der Waals surface area contributed by atoms with Crippen LogP contribution in [0.25, 0.3) is 0 Å². The third kappa shape index (κ3) is 4.56. The van der Waals surface area contributed by atoms with E-state index in [-0.39, 0.29) is 22.3 Å². The molecule has 21 heavy (non-hydrogen) atoms. The van der Waals surface area contributed by atoms with Gasteiger partial charge in [0, 0.05) is 17.2 Å². The highest BCUT2D eigenvalue weighted by Crippen LogP contribution is 2.36. The minimum absolute atomic E-state index is 0.0398. The van der Waals surface area contributed by atoms with Gasteiger partial charge in [-0.15, -0.1) is 0 Å². The second-order valence-electron chi connectivity index (χ2n) is 4.91. The zero-order valence-corrected chi connectivity index (χ0v) is 15.3. The van der Waals surface area contributed by atoms with E-state index in [1.165, 1.54) is 13.2 Å². The minimum atomic E-state index is -3.84. The number of halogens is 2. The third-order valence-corrected chi connectivity index (χ3v) is 5.74. The molecule has 0 aliphatic carbocycles. The Morgan fingerprint density at radius 1 is 1.48 bits per heavy atom. The van der Waals surface area contributed by atoms with E-state index < -0.39 is 15.6 Å². The van der Waals surface area contributed by atoms with Gasteiger partial charge in [0.2, 0.25) is 10.0 Å². The number of aliphatic hydroxyl groups is 1. The highest BCUT2D eigenvalue weighted by atomic mass is 79.9. The first-order valence-corrected chi connectivity index (χ1v) is 9.02. The Morgan fingerprint density at radius 2 is 2.10 bits per heavy atom. The van der Waals surface area contributed by atoms with Gasteiger partial charge in [-0.3, -0.25) is 0 Å². The molecule has 0 saturated carbocycles. The van der Waals surface area contributed by atoms with Crippen molar-refractivity contribution in [3.63, 3.8) is 0 Å². The van der Waals surface area contributed by atoms with Crippen molar-refractivity contribution >= 4 is 37.6 Å². The van der Waals surface area contributed by atoms with Crippen LogP contribution in [0.4, 0.5) is 0 Å². The maximum Gasteiger partial charge on any atom is 0.244 e. The van der Waals surface area contributed by atoms with Gasteiger partial charge in [0.15, 0.2) is 5.75 Å². The fourth-order valence-electron chi connectivity index (χ4n) is 1.86. The van der Waals surface area contributed by atoms with Crippen molar-refractivity contribution in [3.05, 3.63) is 21.6 Å². The van der Waals surface area contributed by atoms with Crippen molar-refractivity contribution in [1.29, 1.82) is 0 Å². The lowest BCUT2D eigenvalue weighted by atomic mass is 9.97. The Bertz CT molecular complexity index is 608. The van der Waals surface area contributed by atoms with E-state index in [2.05, 4.69) is 20.7 Å². The van der Waals surface area contributed by atoms with Gasteiger partial charge in [0.25, 0.3) is 0 Å². The third-order valence-electron chi connectivity index (χ3n) is 3.29. The molecule has 0 amide bonds. The van der Waals surface area contributed by atoms with Crippen molar-refractivity contribution in [2.75, 3.05) is 13.7 Å². The summed E-state index contributed by atoms with van der Waals surface area (Å²) < 4.78 is 33.5. The van der Waals surface area contributed by atoms with Crippen molar-refractivity contribution in [3.8, 4) is 5.75 Å². The van der Waals surface area contributed by atoms with Crippen LogP contribution >= 0.6 is 27.5 Å². The summed E-state index contributed by atoms with van der Waals surface area (Å²) in [6, 6.07) is 2.90. The lowest BCUT2D eigenvalue weighted by Gasteiger charge is -2.29. The van der Waals surface area contributed by atoms with E-state index in [0.29, 0.717) is 17.3 Å². The molecular formula is C13H19BrClNO4S. The molecule has 0 heterocycles. The molecule has 1 aromatic carbocycles. The molecule has 8 heteroatoms. The van der Waals surface area contributed by atoms with Gasteiger partial charge in [-0.1, -0.05) is 18.5 Å². The predicted molar refractivity (Wildman–Crippen MR) is 86.4 cm³/mol. The highest BCUT2D eigenvalue weighted by molar-refractivity contribution is 9.10. The number of hydrogen-bond acceptors (Lipinski definition) is 4. The van der Waals surface area contributed by atoms with Crippen LogP contribution in [-0.4, -0.2) is 32.8 Å². The molecule has 1 aromatic rings. The van der Waals surface area contributed by atoms with E-state index in [1.807, 2.05) is 6.92 Å². The molecule has 0 bridgehead atoms. The predicted octanol–water partition coefficient (Wildman–Crippen LogP) is 2.94. The zero-order chi connectivity index (χ0) is 16.3. The minimum Gasteiger partial charge on any atom is -0.494 e. The average Bonchev–Trinajstić information content (AvgIpc) is 2.37. The van der Waals surface area contributed by atoms with E-state index >= 15 is 0 Å². The number of hydrogen-bond donors (Lipinski definition) is 2. The number of aliphatic hydroxyl groups excluding tert-OH is 1. The number of benzene rings is 1. The van der Waals surface area contributed by atoms with Gasteiger partial charge in [0.1, 0.15) is 4.90 Å². The summed E-state index contributed by atoms with van der Waals surface area (Å²) in [6.07, 6.45) is 0.851. The molecule has 2 N–H and O–H groups in total. The molecule has 0 radical (unpaired) electrons. The van der Waals surface area contributed by atoms with Gasteiger partial charge in [-0.25, -0.2) is 13.1 Å². The van der Waals surface area contributed by atoms with Crippen LogP contribution in [0.1, 0.15) is 26.7 Å². The summed E-state index contributed by atoms with van der Waals surface area (Å²) in [5.41, 5.74) is -0.743. The summed E-state index contributed by atoms with van der Waals surface area (Å²) >= 11 is 9.17. The Labute approximate surface area is 138 Å². The molecule has 0 aromatic heterocycles. The lowest BCUT2D eigenvalue weighted by Crippen LogP contribution is -2.46. The Kier molecular flexibility index (Phi) is 6.49. The van der Waals surface area contributed by atoms with Gasteiger partial charge in [-0.05, 0) is 47.8 Å². The number of ether oxygens (including phenoxy) is 1. The van der Waals surface area contributed by atoms with E-state index in [9.17, 15) is 8.42 Å². The normalized spacial score (nSPS) is 14.8. The van der Waals surface area contributed by atoms with E-state index in [0.717, 1.165) is 0 Å². The summed E-state index contributed by atoms with van der Waals surface area (Å²) in [5, 5.41) is 9.38. The van der Waals surface area contributed by atoms with Crippen LogP contribution < -0.4 is 9.46 Å². The van der Waals surface area contributed by atoms with Gasteiger partial charge in [-0.2, -0.15) is 0 Å². The molecule has 0 fully saturated rings. The first-order valence-electron chi connectivity index (χ1n) is 6.37. The molecule has 0 spiro atoms. The van der Waals surface area contributed by atoms with Crippen LogP contribution in [-0.2, 0) is 10.0 Å². The maximum atomic E-state index is 12.6. The van der Waals surface area contributed by atoms with Crippen molar-refractivity contribution in [2.45, 2.75) is 37.1 Å². The summed E-state index contributed by atoms with van der Waals surface area (Å²) in [5.74, 6) is 0.189. The Hall–Kier alpha value is -0.340. The monoisotopic (exact) mass is 399 g/mol. The second kappa shape index (κ2) is 7.28. The highest BCUT2D eigenvalue weighted by Gasteiger charge is 2.31. The average molecular weight is 401 g/mol. The standard InChI is InChI=1S/C13H19BrClNO4S/c1-4-13(2,5-6-17)16-21(18,19)11-8-9(15)7-10(14)12(11)20-3/h7-8,16-17H,4-6H2,1-3H3. The van der Waals surface area contributed by atoms with Crippen LogP contribution in [0, 0.1) is 0 Å². The lowest BCUT2D eigenvalue weighted by molar-refractivity contribution is 0.233. The van der Waals surface area contributed by atoms with E-state index in [1.54, 1.807) is 13.0 Å². The molecule has 1 unspecified atom stereocenters. The molecule has 1 atom stereocenters. The zero-order valence-electron chi connectivity index (χ0n) is 12.1. The number of methoxy groups -OCH3 is 1. The van der Waals surface area contributed by atoms with Crippen molar-refractivity contribution in [2.24, 2.45) is 0 Å². The van der Waals surface area contributed by atoms with Crippen LogP contribution in [0.3, 0.4) is 0 Å². The Balaban J connectivity index is 3.31.